The first-order valence-corrected chi connectivity index (χ1v) is 3.93. The van der Waals surface area contributed by atoms with Gasteiger partial charge in [0.25, 0.3) is 0 Å². The fourth-order valence-corrected chi connectivity index (χ4v) is 0.743. The molecular weight excluding hydrogens is 122 g/mol. The molecule has 0 aliphatic rings. The van der Waals surface area contributed by atoms with Crippen LogP contribution in [0.4, 0.5) is 0 Å². The minimum absolute atomic E-state index is 0.319. The lowest BCUT2D eigenvalue weighted by Gasteiger charge is -2.20. The Hall–Kier alpha value is -0.300. The standard InChI is InChI=1S/C9H19N/c1-4-5-6-7-9(2,3)8-10/h4-5H,6-8,10H2,1-3H3/b5-4+. The maximum atomic E-state index is 5.56. The molecule has 0 spiro atoms. The zero-order valence-electron chi connectivity index (χ0n) is 7.35. The van der Waals surface area contributed by atoms with Crippen molar-refractivity contribution in [1.82, 2.24) is 0 Å². The first-order chi connectivity index (χ1) is 4.62. The molecule has 0 saturated carbocycles. The highest BCUT2D eigenvalue weighted by atomic mass is 14.6. The summed E-state index contributed by atoms with van der Waals surface area (Å²) in [5, 5.41) is 0. The Kier molecular flexibility index (Phi) is 4.37. The second-order valence-corrected chi connectivity index (χ2v) is 3.48. The fourth-order valence-electron chi connectivity index (χ4n) is 0.743. The van der Waals surface area contributed by atoms with E-state index >= 15 is 0 Å². The Morgan fingerprint density at radius 1 is 1.40 bits per heavy atom. The topological polar surface area (TPSA) is 26.0 Å². The van der Waals surface area contributed by atoms with Crippen LogP contribution in [-0.4, -0.2) is 6.54 Å². The lowest BCUT2D eigenvalue weighted by atomic mass is 9.88. The van der Waals surface area contributed by atoms with Gasteiger partial charge in [0.1, 0.15) is 0 Å². The van der Waals surface area contributed by atoms with E-state index in [1.165, 1.54) is 6.42 Å². The van der Waals surface area contributed by atoms with E-state index in [-0.39, 0.29) is 0 Å². The molecule has 0 aromatic rings. The molecule has 0 bridgehead atoms. The van der Waals surface area contributed by atoms with Crippen molar-refractivity contribution in [2.75, 3.05) is 6.54 Å². The molecule has 0 amide bonds. The third kappa shape index (κ3) is 4.57. The van der Waals surface area contributed by atoms with E-state index < -0.39 is 0 Å². The summed E-state index contributed by atoms with van der Waals surface area (Å²) < 4.78 is 0. The summed E-state index contributed by atoms with van der Waals surface area (Å²) in [7, 11) is 0. The molecule has 0 unspecified atom stereocenters. The van der Waals surface area contributed by atoms with E-state index in [0.717, 1.165) is 13.0 Å². The van der Waals surface area contributed by atoms with Crippen molar-refractivity contribution in [2.24, 2.45) is 11.1 Å². The molecule has 0 aliphatic carbocycles. The Bertz CT molecular complexity index is 103. The fraction of sp³-hybridized carbons (Fsp3) is 0.778. The summed E-state index contributed by atoms with van der Waals surface area (Å²) in [6.45, 7) is 7.24. The van der Waals surface area contributed by atoms with Crippen molar-refractivity contribution in [2.45, 2.75) is 33.6 Å². The van der Waals surface area contributed by atoms with Crippen molar-refractivity contribution in [3.63, 3.8) is 0 Å². The van der Waals surface area contributed by atoms with E-state index in [2.05, 4.69) is 32.9 Å². The maximum Gasteiger partial charge on any atom is -0.00257 e. The summed E-state index contributed by atoms with van der Waals surface area (Å²) >= 11 is 0. The van der Waals surface area contributed by atoms with Crippen LogP contribution >= 0.6 is 0 Å². The van der Waals surface area contributed by atoms with Crippen LogP contribution in [0.2, 0.25) is 0 Å². The predicted octanol–water partition coefficient (Wildman–Crippen LogP) is 2.33. The van der Waals surface area contributed by atoms with Crippen molar-refractivity contribution in [1.29, 1.82) is 0 Å². The molecule has 0 radical (unpaired) electrons. The molecular formula is C9H19N. The monoisotopic (exact) mass is 141 g/mol. The van der Waals surface area contributed by atoms with E-state index in [9.17, 15) is 0 Å². The Morgan fingerprint density at radius 2 is 2.00 bits per heavy atom. The minimum Gasteiger partial charge on any atom is -0.330 e. The molecule has 2 N–H and O–H groups in total. The van der Waals surface area contributed by atoms with Crippen molar-refractivity contribution < 1.29 is 0 Å². The molecule has 1 nitrogen and oxygen atoms in total. The molecule has 0 fully saturated rings. The Labute approximate surface area is 64.3 Å². The highest BCUT2D eigenvalue weighted by Gasteiger charge is 2.12. The largest absolute Gasteiger partial charge is 0.330 e. The van der Waals surface area contributed by atoms with E-state index in [0.29, 0.717) is 5.41 Å². The number of allylic oxidation sites excluding steroid dienone is 2. The van der Waals surface area contributed by atoms with Crippen molar-refractivity contribution in [3.05, 3.63) is 12.2 Å². The highest BCUT2D eigenvalue weighted by Crippen LogP contribution is 2.19. The van der Waals surface area contributed by atoms with Gasteiger partial charge in [-0.1, -0.05) is 26.0 Å². The second kappa shape index (κ2) is 4.51. The lowest BCUT2D eigenvalue weighted by Crippen LogP contribution is -2.22. The summed E-state index contributed by atoms with van der Waals surface area (Å²) in [4.78, 5) is 0. The van der Waals surface area contributed by atoms with Gasteiger partial charge in [0.05, 0.1) is 0 Å². The van der Waals surface area contributed by atoms with Crippen LogP contribution in [0, 0.1) is 5.41 Å². The van der Waals surface area contributed by atoms with Crippen molar-refractivity contribution in [3.8, 4) is 0 Å². The summed E-state index contributed by atoms with van der Waals surface area (Å²) in [6.07, 6.45) is 6.62. The van der Waals surface area contributed by atoms with Gasteiger partial charge in [0.15, 0.2) is 0 Å². The summed E-state index contributed by atoms with van der Waals surface area (Å²) in [6, 6.07) is 0. The number of hydrogen-bond donors (Lipinski definition) is 1. The normalized spacial score (nSPS) is 12.8. The predicted molar refractivity (Wildman–Crippen MR) is 46.9 cm³/mol. The molecule has 0 heterocycles. The SMILES string of the molecule is C/C=C/CCC(C)(C)CN. The summed E-state index contributed by atoms with van der Waals surface area (Å²) in [5.74, 6) is 0. The minimum atomic E-state index is 0.319. The molecule has 60 valence electrons. The van der Waals surface area contributed by atoms with E-state index in [4.69, 9.17) is 5.73 Å². The molecule has 0 aromatic carbocycles. The number of nitrogens with two attached hydrogens (primary N) is 1. The smallest absolute Gasteiger partial charge is 0.00257 e. The van der Waals surface area contributed by atoms with Gasteiger partial charge in [0.2, 0.25) is 0 Å². The van der Waals surface area contributed by atoms with Gasteiger partial charge in [-0.05, 0) is 31.7 Å². The van der Waals surface area contributed by atoms with Crippen LogP contribution < -0.4 is 5.73 Å². The zero-order valence-corrected chi connectivity index (χ0v) is 7.35. The van der Waals surface area contributed by atoms with Gasteiger partial charge in [-0.25, -0.2) is 0 Å². The van der Waals surface area contributed by atoms with Crippen molar-refractivity contribution >= 4 is 0 Å². The number of hydrogen-bond acceptors (Lipinski definition) is 1. The Morgan fingerprint density at radius 3 is 2.40 bits per heavy atom. The molecule has 0 atom stereocenters. The lowest BCUT2D eigenvalue weighted by molar-refractivity contribution is 0.351. The molecule has 1 heteroatoms. The van der Waals surface area contributed by atoms with Crippen LogP contribution in [0.1, 0.15) is 33.6 Å². The first-order valence-electron chi connectivity index (χ1n) is 3.93. The first kappa shape index (κ1) is 9.70. The van der Waals surface area contributed by atoms with Gasteiger partial charge in [-0.2, -0.15) is 0 Å². The average Bonchev–Trinajstić information content (AvgIpc) is 1.89. The van der Waals surface area contributed by atoms with Gasteiger partial charge in [-0.3, -0.25) is 0 Å². The van der Waals surface area contributed by atoms with Crippen LogP contribution in [0.3, 0.4) is 0 Å². The van der Waals surface area contributed by atoms with Crippen LogP contribution in [-0.2, 0) is 0 Å². The summed E-state index contributed by atoms with van der Waals surface area (Å²) in [5.41, 5.74) is 5.88. The molecule has 0 saturated heterocycles. The third-order valence-electron chi connectivity index (χ3n) is 1.78. The van der Waals surface area contributed by atoms with Crippen LogP contribution in [0.5, 0.6) is 0 Å². The van der Waals surface area contributed by atoms with Gasteiger partial charge >= 0.3 is 0 Å². The van der Waals surface area contributed by atoms with Gasteiger partial charge in [0, 0.05) is 0 Å². The quantitative estimate of drug-likeness (QED) is 0.597. The number of rotatable bonds is 4. The molecule has 0 rings (SSSR count). The van der Waals surface area contributed by atoms with E-state index in [1.807, 2.05) is 0 Å². The van der Waals surface area contributed by atoms with Crippen LogP contribution in [0.25, 0.3) is 0 Å². The van der Waals surface area contributed by atoms with Crippen LogP contribution in [0.15, 0.2) is 12.2 Å². The van der Waals surface area contributed by atoms with Gasteiger partial charge < -0.3 is 5.73 Å². The Balaban J connectivity index is 3.46. The van der Waals surface area contributed by atoms with Gasteiger partial charge in [-0.15, -0.1) is 0 Å². The molecule has 0 aromatic heterocycles. The zero-order chi connectivity index (χ0) is 8.04. The maximum absolute atomic E-state index is 5.56. The highest BCUT2D eigenvalue weighted by molar-refractivity contribution is 4.80. The second-order valence-electron chi connectivity index (χ2n) is 3.48. The average molecular weight is 141 g/mol. The van der Waals surface area contributed by atoms with E-state index in [1.54, 1.807) is 0 Å². The molecule has 10 heavy (non-hydrogen) atoms. The third-order valence-corrected chi connectivity index (χ3v) is 1.78. The molecule has 0 aliphatic heterocycles.